The average Bonchev–Trinajstić information content (AvgIpc) is 2.70. The summed E-state index contributed by atoms with van der Waals surface area (Å²) in [6.07, 6.45) is 0. The molecule has 0 saturated heterocycles. The van der Waals surface area contributed by atoms with Crippen LogP contribution in [0.4, 0.5) is 0 Å². The minimum absolute atomic E-state index is 0.0133. The van der Waals surface area contributed by atoms with Crippen LogP contribution in [-0.4, -0.2) is 19.2 Å². The molecule has 3 atom stereocenters. The van der Waals surface area contributed by atoms with Gasteiger partial charge in [-0.15, -0.1) is 0 Å². The van der Waals surface area contributed by atoms with Crippen molar-refractivity contribution in [2.24, 2.45) is 23.0 Å². The van der Waals surface area contributed by atoms with E-state index < -0.39 is 5.41 Å². The van der Waals surface area contributed by atoms with Crippen LogP contribution in [0.2, 0.25) is 8.23 Å². The first-order chi connectivity index (χ1) is 6.50. The van der Waals surface area contributed by atoms with Crippen LogP contribution in [0.1, 0.15) is 13.8 Å². The van der Waals surface area contributed by atoms with Crippen molar-refractivity contribution in [2.45, 2.75) is 20.7 Å². The standard InChI is InChI=1S/C8H15BN2O2/c1-4-5(6(12)11-9-3)8(4,2)7(10)13/h4-5,9H,1-3H3,(H2,10,13)(H,11,12)/t4?,5-,8-/m1/s1/i/hD. The van der Waals surface area contributed by atoms with Crippen molar-refractivity contribution in [1.29, 1.82) is 0 Å². The largest absolute Gasteiger partial charge is 0.402 e. The van der Waals surface area contributed by atoms with Crippen molar-refractivity contribution >= 4 is 19.2 Å². The number of rotatable bonds is 3. The number of primary amides is 1. The van der Waals surface area contributed by atoms with Crippen molar-refractivity contribution in [3.05, 3.63) is 0 Å². The van der Waals surface area contributed by atoms with Crippen LogP contribution < -0.4 is 11.0 Å². The molecule has 5 heteroatoms. The van der Waals surface area contributed by atoms with Gasteiger partial charge in [-0.3, -0.25) is 9.59 Å². The normalized spacial score (nSPS) is 37.3. The fourth-order valence-electron chi connectivity index (χ4n) is 1.86. The Balaban J connectivity index is 2.69. The lowest BCUT2D eigenvalue weighted by atomic mass is 9.98. The highest BCUT2D eigenvalue weighted by Gasteiger charge is 2.66. The fourth-order valence-corrected chi connectivity index (χ4v) is 1.86. The van der Waals surface area contributed by atoms with Gasteiger partial charge in [0.05, 0.1) is 11.3 Å². The Hall–Kier alpha value is -0.995. The fraction of sp³-hybridized carbons (Fsp3) is 0.750. The molecule has 2 amide bonds. The lowest BCUT2D eigenvalue weighted by Gasteiger charge is -2.05. The van der Waals surface area contributed by atoms with Crippen LogP contribution in [0, 0.1) is 17.3 Å². The number of carbonyl (C=O) groups excluding carboxylic acids is 2. The van der Waals surface area contributed by atoms with E-state index in [9.17, 15) is 9.59 Å². The van der Waals surface area contributed by atoms with Crippen LogP contribution in [0.25, 0.3) is 0 Å². The number of hydrogen-bond acceptors (Lipinski definition) is 2. The Morgan fingerprint density at radius 2 is 2.31 bits per heavy atom. The first-order valence-electron chi connectivity index (χ1n) is 5.00. The second-order valence-corrected chi connectivity index (χ2v) is 3.77. The van der Waals surface area contributed by atoms with Crippen LogP contribution in [-0.2, 0) is 9.59 Å². The van der Waals surface area contributed by atoms with Gasteiger partial charge in [-0.05, 0) is 12.8 Å². The molecule has 0 spiro atoms. The predicted molar refractivity (Wildman–Crippen MR) is 51.1 cm³/mol. The second kappa shape index (κ2) is 3.05. The van der Waals surface area contributed by atoms with E-state index in [0.717, 1.165) is 0 Å². The predicted octanol–water partition coefficient (Wildman–Crippen LogP) is -0.740. The zero-order chi connectivity index (χ0) is 10.9. The Kier molecular flexibility index (Phi) is 2.02. The van der Waals surface area contributed by atoms with Gasteiger partial charge < -0.3 is 11.0 Å². The number of carbonyl (C=O) groups is 2. The summed E-state index contributed by atoms with van der Waals surface area (Å²) in [7, 11) is 0.570. The molecule has 0 bridgehead atoms. The van der Waals surface area contributed by atoms with Crippen molar-refractivity contribution in [3.63, 3.8) is 0 Å². The van der Waals surface area contributed by atoms with Gasteiger partial charge in [-0.2, -0.15) is 0 Å². The summed E-state index contributed by atoms with van der Waals surface area (Å²) in [6, 6.07) is 0. The third kappa shape index (κ3) is 1.32. The number of nitrogens with two attached hydrogens (primary N) is 1. The molecule has 0 radical (unpaired) electrons. The molecule has 1 aliphatic rings. The van der Waals surface area contributed by atoms with Crippen molar-refractivity contribution in [3.8, 4) is 0 Å². The molecule has 1 aliphatic carbocycles. The van der Waals surface area contributed by atoms with Gasteiger partial charge in [0.2, 0.25) is 19.2 Å². The first-order valence-corrected chi connectivity index (χ1v) is 4.50. The van der Waals surface area contributed by atoms with Crippen LogP contribution in [0.5, 0.6) is 0 Å². The number of hydrogen-bond donors (Lipinski definition) is 2. The summed E-state index contributed by atoms with van der Waals surface area (Å²) in [5.41, 5.74) is 1.16. The van der Waals surface area contributed by atoms with Crippen LogP contribution in [0.3, 0.4) is 0 Å². The van der Waals surface area contributed by atoms with E-state index in [1.165, 1.54) is 0 Å². The maximum atomic E-state index is 11.5. The maximum absolute atomic E-state index is 11.5. The zero-order valence-electron chi connectivity index (χ0n) is 9.18. The average molecular weight is 183 g/mol. The minimum Gasteiger partial charge on any atom is -0.402 e. The lowest BCUT2D eigenvalue weighted by Crippen LogP contribution is -2.32. The Labute approximate surface area is 80.0 Å². The molecule has 0 aliphatic heterocycles. The highest BCUT2D eigenvalue weighted by molar-refractivity contribution is 6.35. The van der Waals surface area contributed by atoms with Crippen molar-refractivity contribution in [2.75, 3.05) is 0 Å². The Bertz CT molecular complexity index is 274. The highest BCUT2D eigenvalue weighted by Crippen LogP contribution is 2.57. The Morgan fingerprint density at radius 1 is 1.69 bits per heavy atom. The minimum atomic E-state index is -0.693. The maximum Gasteiger partial charge on any atom is 0.232 e. The quantitative estimate of drug-likeness (QED) is 0.565. The molecule has 1 unspecified atom stereocenters. The van der Waals surface area contributed by atoms with Gasteiger partial charge in [0.1, 0.15) is 0 Å². The summed E-state index contributed by atoms with van der Waals surface area (Å²) in [4.78, 5) is 22.8. The summed E-state index contributed by atoms with van der Waals surface area (Å²) in [6.45, 7) is 5.42. The van der Waals surface area contributed by atoms with E-state index in [1.54, 1.807) is 6.92 Å². The van der Waals surface area contributed by atoms with Crippen LogP contribution >= 0.6 is 0 Å². The summed E-state index contributed by atoms with van der Waals surface area (Å²) in [5.74, 6) is -0.737. The lowest BCUT2D eigenvalue weighted by molar-refractivity contribution is -0.127. The molecular formula is C8H15BN2O2. The van der Waals surface area contributed by atoms with Gasteiger partial charge in [0.25, 0.3) is 0 Å². The Morgan fingerprint density at radius 3 is 2.77 bits per heavy atom. The van der Waals surface area contributed by atoms with E-state index >= 15 is 0 Å². The van der Waals surface area contributed by atoms with Gasteiger partial charge in [0, 0.05) is 0 Å². The summed E-state index contributed by atoms with van der Waals surface area (Å²) >= 11 is 0. The van der Waals surface area contributed by atoms with Gasteiger partial charge in [0.15, 0.2) is 1.41 Å². The molecule has 0 aromatic heterocycles. The number of nitrogens with one attached hydrogen (secondary N) is 1. The molecule has 4 nitrogen and oxygen atoms in total. The molecule has 0 aromatic carbocycles. The first kappa shape index (κ1) is 8.60. The SMILES string of the molecule is [2H]NC(=O)[C@]1(C)C(C)[C@@H]1C(=O)NBC. The second-order valence-electron chi connectivity index (χ2n) is 3.77. The van der Waals surface area contributed by atoms with Gasteiger partial charge in [-0.1, -0.05) is 13.7 Å². The van der Waals surface area contributed by atoms with E-state index in [-0.39, 0.29) is 23.7 Å². The summed E-state index contributed by atoms with van der Waals surface area (Å²) < 4.78 is 6.80. The van der Waals surface area contributed by atoms with Gasteiger partial charge in [-0.25, -0.2) is 0 Å². The topological polar surface area (TPSA) is 72.2 Å². The van der Waals surface area contributed by atoms with E-state index in [2.05, 4.69) is 5.23 Å². The number of amides is 2. The molecule has 1 fully saturated rings. The summed E-state index contributed by atoms with van der Waals surface area (Å²) in [5, 5.41) is 2.69. The van der Waals surface area contributed by atoms with Gasteiger partial charge >= 0.3 is 0 Å². The molecule has 1 rings (SSSR count). The molecule has 13 heavy (non-hydrogen) atoms. The van der Waals surface area contributed by atoms with E-state index in [4.69, 9.17) is 1.41 Å². The third-order valence-corrected chi connectivity index (χ3v) is 3.11. The molecule has 0 heterocycles. The smallest absolute Gasteiger partial charge is 0.232 e. The molecule has 3 N–H and O–H groups in total. The molecule has 0 aromatic rings. The van der Waals surface area contributed by atoms with E-state index in [0.29, 0.717) is 7.41 Å². The molecule has 1 saturated carbocycles. The van der Waals surface area contributed by atoms with Crippen LogP contribution in [0.15, 0.2) is 0 Å². The zero-order valence-corrected chi connectivity index (χ0v) is 8.18. The molecular weight excluding hydrogens is 167 g/mol. The molecule has 72 valence electrons. The van der Waals surface area contributed by atoms with Crippen molar-refractivity contribution < 1.29 is 11.0 Å². The highest BCUT2D eigenvalue weighted by atomic mass is 16.2. The van der Waals surface area contributed by atoms with E-state index in [1.807, 2.05) is 19.5 Å². The van der Waals surface area contributed by atoms with Crippen molar-refractivity contribution in [1.82, 2.24) is 5.23 Å². The monoisotopic (exact) mass is 183 g/mol. The third-order valence-electron chi connectivity index (χ3n) is 3.11.